The minimum absolute atomic E-state index is 0.323. The van der Waals surface area contributed by atoms with Crippen molar-refractivity contribution in [3.63, 3.8) is 0 Å². The molecule has 0 aliphatic heterocycles. The Hall–Kier alpha value is -2.04. The van der Waals surface area contributed by atoms with Crippen molar-refractivity contribution in [1.29, 1.82) is 0 Å². The van der Waals surface area contributed by atoms with Crippen molar-refractivity contribution in [2.75, 3.05) is 26.4 Å². The van der Waals surface area contributed by atoms with Gasteiger partial charge in [-0.2, -0.15) is 0 Å². The normalized spacial score (nSPS) is 11.1. The lowest BCUT2D eigenvalue weighted by Crippen LogP contribution is -2.01. The van der Waals surface area contributed by atoms with E-state index >= 15 is 0 Å². The Morgan fingerprint density at radius 2 is 0.694 bits per heavy atom. The van der Waals surface area contributed by atoms with Crippen LogP contribution in [0.1, 0.15) is 103 Å². The van der Waals surface area contributed by atoms with Crippen LogP contribution in [-0.4, -0.2) is 36.6 Å². The van der Waals surface area contributed by atoms with Gasteiger partial charge < -0.3 is 19.7 Å². The highest BCUT2D eigenvalue weighted by atomic mass is 16.5. The van der Waals surface area contributed by atoms with Crippen LogP contribution in [0.4, 0.5) is 0 Å². The van der Waals surface area contributed by atoms with Gasteiger partial charge in [0.05, 0.1) is 13.2 Å². The zero-order valence-corrected chi connectivity index (χ0v) is 22.5. The monoisotopic (exact) mass is 498 g/mol. The first-order valence-corrected chi connectivity index (χ1v) is 14.5. The molecule has 2 aromatic rings. The number of aliphatic hydroxyl groups is 2. The van der Waals surface area contributed by atoms with E-state index in [-0.39, 0.29) is 0 Å². The molecule has 0 bridgehead atoms. The maximum atomic E-state index is 8.84. The van der Waals surface area contributed by atoms with Gasteiger partial charge in [-0.05, 0) is 37.8 Å². The first-order chi connectivity index (χ1) is 17.9. The SMILES string of the molecule is OCCCCCCCCCCOc1ccccc1-c1ccccc1OCCCCCCCCCCO. The zero-order chi connectivity index (χ0) is 25.5. The van der Waals surface area contributed by atoms with Gasteiger partial charge in [-0.25, -0.2) is 0 Å². The van der Waals surface area contributed by atoms with Crippen molar-refractivity contribution >= 4 is 0 Å². The minimum atomic E-state index is 0.323. The summed E-state index contributed by atoms with van der Waals surface area (Å²) >= 11 is 0. The van der Waals surface area contributed by atoms with Gasteiger partial charge >= 0.3 is 0 Å². The first-order valence-electron chi connectivity index (χ1n) is 14.5. The first kappa shape index (κ1) is 30.2. The van der Waals surface area contributed by atoms with Crippen LogP contribution in [-0.2, 0) is 0 Å². The summed E-state index contributed by atoms with van der Waals surface area (Å²) in [5, 5.41) is 17.7. The van der Waals surface area contributed by atoms with E-state index in [1.807, 2.05) is 12.1 Å². The number of ether oxygens (including phenoxy) is 2. The van der Waals surface area contributed by atoms with E-state index in [0.717, 1.165) is 74.4 Å². The van der Waals surface area contributed by atoms with E-state index in [1.54, 1.807) is 0 Å². The van der Waals surface area contributed by atoms with Crippen LogP contribution in [0.15, 0.2) is 48.5 Å². The molecule has 0 aliphatic rings. The van der Waals surface area contributed by atoms with Gasteiger partial charge in [0.1, 0.15) is 11.5 Å². The van der Waals surface area contributed by atoms with E-state index in [0.29, 0.717) is 13.2 Å². The molecule has 2 rings (SSSR count). The van der Waals surface area contributed by atoms with Gasteiger partial charge in [0.25, 0.3) is 0 Å². The fraction of sp³-hybridized carbons (Fsp3) is 0.625. The Bertz CT molecular complexity index is 711. The lowest BCUT2D eigenvalue weighted by atomic mass is 10.0. The van der Waals surface area contributed by atoms with E-state index in [4.69, 9.17) is 19.7 Å². The number of benzene rings is 2. The van der Waals surface area contributed by atoms with E-state index < -0.39 is 0 Å². The van der Waals surface area contributed by atoms with Crippen molar-refractivity contribution < 1.29 is 19.7 Å². The molecular weight excluding hydrogens is 448 g/mol. The molecule has 202 valence electrons. The fourth-order valence-electron chi connectivity index (χ4n) is 4.54. The molecular formula is C32H50O4. The van der Waals surface area contributed by atoms with Crippen LogP contribution >= 0.6 is 0 Å². The average molecular weight is 499 g/mol. The third kappa shape index (κ3) is 13.3. The third-order valence-corrected chi connectivity index (χ3v) is 6.68. The molecule has 0 heterocycles. The molecule has 4 nitrogen and oxygen atoms in total. The van der Waals surface area contributed by atoms with Crippen LogP contribution in [0.2, 0.25) is 0 Å². The van der Waals surface area contributed by atoms with Crippen molar-refractivity contribution in [2.24, 2.45) is 0 Å². The highest BCUT2D eigenvalue weighted by molar-refractivity contribution is 5.75. The van der Waals surface area contributed by atoms with Crippen LogP contribution in [0.3, 0.4) is 0 Å². The summed E-state index contributed by atoms with van der Waals surface area (Å²) in [6.07, 6.45) is 18.8. The molecule has 0 saturated heterocycles. The van der Waals surface area contributed by atoms with Gasteiger partial charge in [-0.15, -0.1) is 0 Å². The minimum Gasteiger partial charge on any atom is -0.493 e. The second-order valence-corrected chi connectivity index (χ2v) is 9.79. The summed E-state index contributed by atoms with van der Waals surface area (Å²) in [5.74, 6) is 1.86. The molecule has 0 spiro atoms. The summed E-state index contributed by atoms with van der Waals surface area (Å²) in [5.41, 5.74) is 2.19. The quantitative estimate of drug-likeness (QED) is 0.151. The predicted molar refractivity (Wildman–Crippen MR) is 151 cm³/mol. The topological polar surface area (TPSA) is 58.9 Å². The molecule has 0 aliphatic carbocycles. The highest BCUT2D eigenvalue weighted by Crippen LogP contribution is 2.36. The van der Waals surface area contributed by atoms with Crippen molar-refractivity contribution in [3.05, 3.63) is 48.5 Å². The average Bonchev–Trinajstić information content (AvgIpc) is 2.91. The summed E-state index contributed by atoms with van der Waals surface area (Å²) in [6, 6.07) is 16.6. The van der Waals surface area contributed by atoms with E-state index in [2.05, 4.69) is 36.4 Å². The maximum absolute atomic E-state index is 8.84. The molecule has 0 radical (unpaired) electrons. The van der Waals surface area contributed by atoms with Crippen molar-refractivity contribution in [2.45, 2.75) is 103 Å². The number of aliphatic hydroxyl groups excluding tert-OH is 2. The van der Waals surface area contributed by atoms with Crippen molar-refractivity contribution in [1.82, 2.24) is 0 Å². The molecule has 2 N–H and O–H groups in total. The second-order valence-electron chi connectivity index (χ2n) is 9.79. The highest BCUT2D eigenvalue weighted by Gasteiger charge is 2.11. The second kappa shape index (κ2) is 21.1. The van der Waals surface area contributed by atoms with Crippen molar-refractivity contribution in [3.8, 4) is 22.6 Å². The maximum Gasteiger partial charge on any atom is 0.127 e. The number of hydrogen-bond donors (Lipinski definition) is 2. The Morgan fingerprint density at radius 1 is 0.389 bits per heavy atom. The van der Waals surface area contributed by atoms with Crippen LogP contribution in [0, 0.1) is 0 Å². The largest absolute Gasteiger partial charge is 0.493 e. The molecule has 36 heavy (non-hydrogen) atoms. The molecule has 0 amide bonds. The Kier molecular flexibility index (Phi) is 17.7. The van der Waals surface area contributed by atoms with Crippen LogP contribution in [0.5, 0.6) is 11.5 Å². The number of para-hydroxylation sites is 2. The standard InChI is InChI=1S/C32H50O4/c33-25-17-9-5-1-3-7-11-19-27-35-31-23-15-13-21-29(31)30-22-14-16-24-32(30)36-28-20-12-8-4-2-6-10-18-26-34/h13-16,21-24,33-34H,1-12,17-20,25-28H2. The molecule has 4 heteroatoms. The molecule has 0 atom stereocenters. The van der Waals surface area contributed by atoms with Gasteiger partial charge in [-0.3, -0.25) is 0 Å². The summed E-state index contributed by atoms with van der Waals surface area (Å²) in [4.78, 5) is 0. The molecule has 0 unspecified atom stereocenters. The summed E-state index contributed by atoms with van der Waals surface area (Å²) in [6.45, 7) is 2.13. The van der Waals surface area contributed by atoms with E-state index in [9.17, 15) is 0 Å². The Labute approximate surface area is 220 Å². The molecule has 0 fully saturated rings. The lowest BCUT2D eigenvalue weighted by Gasteiger charge is -2.15. The molecule has 0 aromatic heterocycles. The predicted octanol–water partition coefficient (Wildman–Crippen LogP) is 8.34. The lowest BCUT2D eigenvalue weighted by molar-refractivity contribution is 0.281. The zero-order valence-electron chi connectivity index (χ0n) is 22.5. The van der Waals surface area contributed by atoms with Gasteiger partial charge in [0.2, 0.25) is 0 Å². The van der Waals surface area contributed by atoms with Gasteiger partial charge in [0.15, 0.2) is 0 Å². The third-order valence-electron chi connectivity index (χ3n) is 6.68. The Morgan fingerprint density at radius 3 is 1.06 bits per heavy atom. The summed E-state index contributed by atoms with van der Waals surface area (Å²) in [7, 11) is 0. The number of unbranched alkanes of at least 4 members (excludes halogenated alkanes) is 14. The number of rotatable bonds is 23. The summed E-state index contributed by atoms with van der Waals surface area (Å²) < 4.78 is 12.4. The van der Waals surface area contributed by atoms with E-state index in [1.165, 1.54) is 64.2 Å². The fourth-order valence-corrected chi connectivity index (χ4v) is 4.54. The van der Waals surface area contributed by atoms with Gasteiger partial charge in [0, 0.05) is 24.3 Å². The smallest absolute Gasteiger partial charge is 0.127 e. The Balaban J connectivity index is 1.71. The number of hydrogen-bond acceptors (Lipinski definition) is 4. The molecule has 0 saturated carbocycles. The van der Waals surface area contributed by atoms with Crippen LogP contribution < -0.4 is 9.47 Å². The van der Waals surface area contributed by atoms with Gasteiger partial charge in [-0.1, -0.05) is 113 Å². The van der Waals surface area contributed by atoms with Crippen LogP contribution in [0.25, 0.3) is 11.1 Å². The molecule has 2 aromatic carbocycles.